The molecule has 0 bridgehead atoms. The molecule has 2 aromatic heterocycles. The van der Waals surface area contributed by atoms with Crippen LogP contribution in [0.5, 0.6) is 11.5 Å². The molecule has 2 aliphatic rings. The Labute approximate surface area is 179 Å². The Bertz CT molecular complexity index is 1210. The number of nitrogens with one attached hydrogen (secondary N) is 1. The second kappa shape index (κ2) is 7.61. The van der Waals surface area contributed by atoms with Crippen LogP contribution in [0.4, 0.5) is 0 Å². The SMILES string of the molecule is Cc1ccn(Cc2ccc3c(c2)OCO3)c(=O)c1C(=O)NC(c1nccn1C)C1CC1. The van der Waals surface area contributed by atoms with Gasteiger partial charge in [-0.15, -0.1) is 0 Å². The van der Waals surface area contributed by atoms with E-state index in [1.54, 1.807) is 30.0 Å². The zero-order valence-corrected chi connectivity index (χ0v) is 17.5. The monoisotopic (exact) mass is 420 g/mol. The molecule has 5 rings (SSSR count). The van der Waals surface area contributed by atoms with Gasteiger partial charge in [0.05, 0.1) is 12.6 Å². The van der Waals surface area contributed by atoms with Gasteiger partial charge in [0.1, 0.15) is 11.4 Å². The van der Waals surface area contributed by atoms with E-state index in [1.807, 2.05) is 36.0 Å². The Morgan fingerprint density at radius 1 is 1.23 bits per heavy atom. The molecule has 31 heavy (non-hydrogen) atoms. The predicted octanol–water partition coefficient (Wildman–Crippen LogP) is 2.55. The van der Waals surface area contributed by atoms with Crippen molar-refractivity contribution in [2.75, 3.05) is 6.79 Å². The average Bonchev–Trinajstić information content (AvgIpc) is 3.33. The Kier molecular flexibility index (Phi) is 4.77. The van der Waals surface area contributed by atoms with Crippen molar-refractivity contribution in [3.8, 4) is 11.5 Å². The lowest BCUT2D eigenvalue weighted by atomic mass is 10.1. The second-order valence-corrected chi connectivity index (χ2v) is 8.18. The largest absolute Gasteiger partial charge is 0.454 e. The van der Waals surface area contributed by atoms with E-state index in [0.29, 0.717) is 29.5 Å². The van der Waals surface area contributed by atoms with Crippen LogP contribution in [0.2, 0.25) is 0 Å². The number of nitrogens with zero attached hydrogens (tertiary/aromatic N) is 3. The molecular formula is C23H24N4O4. The van der Waals surface area contributed by atoms with Gasteiger partial charge in [0.15, 0.2) is 11.5 Å². The van der Waals surface area contributed by atoms with Crippen LogP contribution >= 0.6 is 0 Å². The molecule has 160 valence electrons. The molecule has 1 aromatic carbocycles. The number of fused-ring (bicyclic) bond motifs is 1. The summed E-state index contributed by atoms with van der Waals surface area (Å²) in [5.41, 5.74) is 1.40. The van der Waals surface area contributed by atoms with E-state index in [4.69, 9.17) is 9.47 Å². The van der Waals surface area contributed by atoms with Gasteiger partial charge in [-0.05, 0) is 55.0 Å². The highest BCUT2D eigenvalue weighted by molar-refractivity contribution is 5.95. The number of amides is 1. The smallest absolute Gasteiger partial charge is 0.263 e. The summed E-state index contributed by atoms with van der Waals surface area (Å²) in [4.78, 5) is 30.8. The number of benzene rings is 1. The molecule has 1 saturated carbocycles. The van der Waals surface area contributed by atoms with Crippen LogP contribution in [0.3, 0.4) is 0 Å². The highest BCUT2D eigenvalue weighted by atomic mass is 16.7. The van der Waals surface area contributed by atoms with E-state index in [1.165, 1.54) is 0 Å². The molecule has 1 aliphatic heterocycles. The Morgan fingerprint density at radius 3 is 2.77 bits per heavy atom. The third-order valence-electron chi connectivity index (χ3n) is 5.91. The number of aryl methyl sites for hydroxylation is 2. The van der Waals surface area contributed by atoms with Crippen molar-refractivity contribution in [1.29, 1.82) is 0 Å². The van der Waals surface area contributed by atoms with E-state index in [-0.39, 0.29) is 29.9 Å². The minimum atomic E-state index is -0.359. The van der Waals surface area contributed by atoms with Crippen molar-refractivity contribution in [1.82, 2.24) is 19.4 Å². The summed E-state index contributed by atoms with van der Waals surface area (Å²) in [5, 5.41) is 3.07. The molecule has 8 heteroatoms. The predicted molar refractivity (Wildman–Crippen MR) is 113 cm³/mol. The van der Waals surface area contributed by atoms with Crippen LogP contribution in [0.1, 0.15) is 46.2 Å². The van der Waals surface area contributed by atoms with Crippen molar-refractivity contribution >= 4 is 5.91 Å². The van der Waals surface area contributed by atoms with Crippen LogP contribution in [-0.2, 0) is 13.6 Å². The van der Waals surface area contributed by atoms with Crippen molar-refractivity contribution in [2.45, 2.75) is 32.4 Å². The van der Waals surface area contributed by atoms with Crippen molar-refractivity contribution in [2.24, 2.45) is 13.0 Å². The molecule has 0 radical (unpaired) electrons. The molecule has 1 atom stereocenters. The average molecular weight is 420 g/mol. The molecule has 1 amide bonds. The summed E-state index contributed by atoms with van der Waals surface area (Å²) in [6.07, 6.45) is 7.39. The molecule has 8 nitrogen and oxygen atoms in total. The number of hydrogen-bond acceptors (Lipinski definition) is 5. The van der Waals surface area contributed by atoms with Crippen LogP contribution in [0.15, 0.2) is 47.7 Å². The summed E-state index contributed by atoms with van der Waals surface area (Å²) in [6, 6.07) is 7.18. The topological polar surface area (TPSA) is 87.4 Å². The second-order valence-electron chi connectivity index (χ2n) is 8.18. The first-order valence-corrected chi connectivity index (χ1v) is 10.4. The van der Waals surface area contributed by atoms with Crippen molar-refractivity contribution in [3.05, 3.63) is 75.7 Å². The van der Waals surface area contributed by atoms with Gasteiger partial charge in [-0.25, -0.2) is 4.98 Å². The van der Waals surface area contributed by atoms with Gasteiger partial charge < -0.3 is 23.9 Å². The quantitative estimate of drug-likeness (QED) is 0.662. The molecule has 0 spiro atoms. The zero-order valence-electron chi connectivity index (χ0n) is 17.5. The minimum absolute atomic E-state index is 0.170. The minimum Gasteiger partial charge on any atom is -0.454 e. The van der Waals surface area contributed by atoms with Gasteiger partial charge >= 0.3 is 0 Å². The molecule has 1 fully saturated rings. The van der Waals surface area contributed by atoms with E-state index in [0.717, 1.165) is 24.2 Å². The number of rotatable bonds is 6. The maximum atomic E-state index is 13.2. The summed E-state index contributed by atoms with van der Waals surface area (Å²) < 4.78 is 14.2. The molecule has 3 aromatic rings. The lowest BCUT2D eigenvalue weighted by Gasteiger charge is -2.19. The Morgan fingerprint density at radius 2 is 2.03 bits per heavy atom. The molecule has 0 saturated heterocycles. The van der Waals surface area contributed by atoms with E-state index in [9.17, 15) is 9.59 Å². The third kappa shape index (κ3) is 3.69. The van der Waals surface area contributed by atoms with Gasteiger partial charge in [-0.2, -0.15) is 0 Å². The lowest BCUT2D eigenvalue weighted by Crippen LogP contribution is -2.37. The molecular weight excluding hydrogens is 396 g/mol. The first-order chi connectivity index (χ1) is 15.0. The van der Waals surface area contributed by atoms with Crippen molar-refractivity contribution in [3.63, 3.8) is 0 Å². The number of imidazole rings is 1. The third-order valence-corrected chi connectivity index (χ3v) is 5.91. The first kappa shape index (κ1) is 19.4. The summed E-state index contributed by atoms with van der Waals surface area (Å²) in [7, 11) is 1.91. The van der Waals surface area contributed by atoms with Gasteiger partial charge in [-0.1, -0.05) is 6.07 Å². The maximum Gasteiger partial charge on any atom is 0.263 e. The number of pyridine rings is 1. The molecule has 3 heterocycles. The van der Waals surface area contributed by atoms with Crippen LogP contribution < -0.4 is 20.3 Å². The van der Waals surface area contributed by atoms with Gasteiger partial charge in [0.25, 0.3) is 11.5 Å². The Balaban J connectivity index is 1.42. The number of aromatic nitrogens is 3. The number of carbonyl (C=O) groups is 1. The van der Waals surface area contributed by atoms with Crippen LogP contribution in [0, 0.1) is 12.8 Å². The molecule has 1 N–H and O–H groups in total. The van der Waals surface area contributed by atoms with Crippen LogP contribution in [0.25, 0.3) is 0 Å². The summed E-state index contributed by atoms with van der Waals surface area (Å²) in [5.74, 6) is 2.16. The van der Waals surface area contributed by atoms with E-state index in [2.05, 4.69) is 10.3 Å². The van der Waals surface area contributed by atoms with Gasteiger partial charge in [-0.3, -0.25) is 9.59 Å². The first-order valence-electron chi connectivity index (χ1n) is 10.4. The highest BCUT2D eigenvalue weighted by Crippen LogP contribution is 2.40. The number of ether oxygens (including phenoxy) is 2. The zero-order chi connectivity index (χ0) is 21.5. The fraction of sp³-hybridized carbons (Fsp3) is 0.348. The Hall–Kier alpha value is -3.55. The van der Waals surface area contributed by atoms with Crippen LogP contribution in [-0.4, -0.2) is 26.8 Å². The van der Waals surface area contributed by atoms with Gasteiger partial charge in [0.2, 0.25) is 6.79 Å². The summed E-state index contributed by atoms with van der Waals surface area (Å²) in [6.45, 7) is 2.32. The van der Waals surface area contributed by atoms with Crippen molar-refractivity contribution < 1.29 is 14.3 Å². The standard InChI is InChI=1S/C23H24N4O4/c1-14-7-9-27(12-15-3-6-17-18(11-15)31-13-30-17)23(29)19(14)22(28)25-20(16-4-5-16)21-24-8-10-26(21)2/h3,6-11,16,20H,4-5,12-13H2,1-2H3,(H,25,28). The lowest BCUT2D eigenvalue weighted by molar-refractivity contribution is 0.0926. The fourth-order valence-electron chi connectivity index (χ4n) is 4.01. The summed E-state index contributed by atoms with van der Waals surface area (Å²) >= 11 is 0. The number of carbonyl (C=O) groups excluding carboxylic acids is 1. The normalized spacial score (nSPS) is 15.7. The highest BCUT2D eigenvalue weighted by Gasteiger charge is 2.36. The molecule has 1 unspecified atom stereocenters. The number of hydrogen-bond donors (Lipinski definition) is 1. The maximum absolute atomic E-state index is 13.2. The fourth-order valence-corrected chi connectivity index (χ4v) is 4.01. The molecule has 1 aliphatic carbocycles. The van der Waals surface area contributed by atoms with E-state index < -0.39 is 0 Å². The van der Waals surface area contributed by atoms with E-state index >= 15 is 0 Å². The van der Waals surface area contributed by atoms with Gasteiger partial charge in [0, 0.05) is 25.6 Å².